The summed E-state index contributed by atoms with van der Waals surface area (Å²) in [4.78, 5) is 11.0. The Kier molecular flexibility index (Phi) is 5.50. The maximum Gasteiger partial charge on any atom is 0.321 e. The number of nitrogens with one attached hydrogen (secondary N) is 1. The van der Waals surface area contributed by atoms with Crippen LogP contribution in [0.15, 0.2) is 30.3 Å². The summed E-state index contributed by atoms with van der Waals surface area (Å²) < 4.78 is 26.1. The Hall–Kier alpha value is -1.40. The van der Waals surface area contributed by atoms with Crippen molar-refractivity contribution in [3.8, 4) is 0 Å². The monoisotopic (exact) mass is 285 g/mol. The Labute approximate surface area is 113 Å². The van der Waals surface area contributed by atoms with E-state index in [1.807, 2.05) is 13.8 Å². The van der Waals surface area contributed by atoms with Gasteiger partial charge in [-0.1, -0.05) is 44.2 Å². The molecule has 0 heterocycles. The van der Waals surface area contributed by atoms with E-state index in [9.17, 15) is 13.2 Å². The maximum absolute atomic E-state index is 11.9. The Morgan fingerprint density at radius 1 is 1.26 bits per heavy atom. The number of rotatable bonds is 7. The second-order valence-corrected chi connectivity index (χ2v) is 6.64. The lowest BCUT2D eigenvalue weighted by molar-refractivity contribution is -0.139. The molecule has 0 radical (unpaired) electrons. The van der Waals surface area contributed by atoms with Gasteiger partial charge in [-0.05, 0) is 17.9 Å². The number of carboxylic acid groups (broad SMARTS) is 1. The number of hydrogen-bond acceptors (Lipinski definition) is 3. The fraction of sp³-hybridized carbons (Fsp3) is 0.462. The van der Waals surface area contributed by atoms with Crippen LogP contribution in [0.2, 0.25) is 0 Å². The van der Waals surface area contributed by atoms with E-state index in [0.29, 0.717) is 5.56 Å². The highest BCUT2D eigenvalue weighted by atomic mass is 32.2. The zero-order valence-electron chi connectivity index (χ0n) is 11.0. The lowest BCUT2D eigenvalue weighted by Gasteiger charge is -2.16. The highest BCUT2D eigenvalue weighted by Gasteiger charge is 2.24. The average Bonchev–Trinajstić information content (AvgIpc) is 2.27. The molecule has 5 nitrogen and oxygen atoms in total. The molecule has 0 saturated carbocycles. The molecule has 0 aliphatic rings. The van der Waals surface area contributed by atoms with Gasteiger partial charge in [-0.25, -0.2) is 13.1 Å². The van der Waals surface area contributed by atoms with Crippen LogP contribution >= 0.6 is 0 Å². The molecule has 0 aromatic heterocycles. The quantitative estimate of drug-likeness (QED) is 0.797. The SMILES string of the molecule is CC(C)CC(NS(=O)(=O)Cc1ccccc1)C(=O)O. The van der Waals surface area contributed by atoms with Crippen molar-refractivity contribution in [2.75, 3.05) is 0 Å². The second kappa shape index (κ2) is 6.68. The molecular weight excluding hydrogens is 266 g/mol. The predicted molar refractivity (Wildman–Crippen MR) is 73.1 cm³/mol. The van der Waals surface area contributed by atoms with E-state index in [-0.39, 0.29) is 18.1 Å². The summed E-state index contributed by atoms with van der Waals surface area (Å²) in [6.07, 6.45) is 0.267. The van der Waals surface area contributed by atoms with Crippen LogP contribution in [0.1, 0.15) is 25.8 Å². The Morgan fingerprint density at radius 3 is 2.32 bits per heavy atom. The van der Waals surface area contributed by atoms with E-state index >= 15 is 0 Å². The summed E-state index contributed by atoms with van der Waals surface area (Å²) in [5.41, 5.74) is 0.628. The first-order valence-electron chi connectivity index (χ1n) is 6.07. The first-order chi connectivity index (χ1) is 8.80. The maximum atomic E-state index is 11.9. The molecule has 0 aliphatic carbocycles. The third-order valence-corrected chi connectivity index (χ3v) is 3.88. The fourth-order valence-electron chi connectivity index (χ4n) is 1.72. The second-order valence-electron chi connectivity index (χ2n) is 4.88. The van der Waals surface area contributed by atoms with Gasteiger partial charge < -0.3 is 5.11 Å². The fourth-order valence-corrected chi connectivity index (χ4v) is 3.07. The third-order valence-electron chi connectivity index (χ3n) is 2.53. The van der Waals surface area contributed by atoms with Gasteiger partial charge in [0, 0.05) is 0 Å². The van der Waals surface area contributed by atoms with Crippen LogP contribution in [0.25, 0.3) is 0 Å². The third kappa shape index (κ3) is 5.85. The number of hydrogen-bond donors (Lipinski definition) is 2. The molecule has 1 aromatic rings. The number of benzene rings is 1. The molecular formula is C13H19NO4S. The number of sulfonamides is 1. The van der Waals surface area contributed by atoms with Gasteiger partial charge in [-0.2, -0.15) is 0 Å². The Morgan fingerprint density at radius 2 is 1.84 bits per heavy atom. The molecule has 2 N–H and O–H groups in total. The predicted octanol–water partition coefficient (Wildman–Crippen LogP) is 1.61. The number of carbonyl (C=O) groups is 1. The molecule has 19 heavy (non-hydrogen) atoms. The van der Waals surface area contributed by atoms with Crippen molar-refractivity contribution < 1.29 is 18.3 Å². The van der Waals surface area contributed by atoms with Crippen molar-refractivity contribution in [2.24, 2.45) is 5.92 Å². The standard InChI is InChI=1S/C13H19NO4S/c1-10(2)8-12(13(15)16)14-19(17,18)9-11-6-4-3-5-7-11/h3-7,10,12,14H,8-9H2,1-2H3,(H,15,16). The van der Waals surface area contributed by atoms with Crippen molar-refractivity contribution in [2.45, 2.75) is 32.1 Å². The minimum Gasteiger partial charge on any atom is -0.480 e. The summed E-state index contributed by atoms with van der Waals surface area (Å²) in [5.74, 6) is -1.26. The lowest BCUT2D eigenvalue weighted by atomic mass is 10.1. The van der Waals surface area contributed by atoms with E-state index in [1.165, 1.54) is 0 Å². The average molecular weight is 285 g/mol. The molecule has 106 valence electrons. The summed E-state index contributed by atoms with van der Waals surface area (Å²) in [6, 6.07) is 7.59. The molecule has 0 amide bonds. The molecule has 1 unspecified atom stereocenters. The van der Waals surface area contributed by atoms with E-state index in [1.54, 1.807) is 30.3 Å². The van der Waals surface area contributed by atoms with Crippen LogP contribution in [0.3, 0.4) is 0 Å². The zero-order valence-corrected chi connectivity index (χ0v) is 11.9. The van der Waals surface area contributed by atoms with Gasteiger partial charge in [0.25, 0.3) is 0 Å². The van der Waals surface area contributed by atoms with Crippen LogP contribution in [0.5, 0.6) is 0 Å². The van der Waals surface area contributed by atoms with Crippen molar-refractivity contribution in [3.05, 3.63) is 35.9 Å². The first-order valence-corrected chi connectivity index (χ1v) is 7.72. The Balaban J connectivity index is 2.74. The molecule has 0 spiro atoms. The van der Waals surface area contributed by atoms with Gasteiger partial charge in [0.1, 0.15) is 6.04 Å². The van der Waals surface area contributed by atoms with Gasteiger partial charge >= 0.3 is 5.97 Å². The highest BCUT2D eigenvalue weighted by Crippen LogP contribution is 2.09. The van der Waals surface area contributed by atoms with Crippen LogP contribution < -0.4 is 4.72 Å². The molecule has 0 saturated heterocycles. The van der Waals surface area contributed by atoms with Gasteiger partial charge in [0.05, 0.1) is 5.75 Å². The first kappa shape index (κ1) is 15.7. The summed E-state index contributed by atoms with van der Waals surface area (Å²) in [7, 11) is -3.66. The van der Waals surface area contributed by atoms with E-state index in [0.717, 1.165) is 0 Å². The molecule has 1 aromatic carbocycles. The van der Waals surface area contributed by atoms with Crippen LogP contribution in [0.4, 0.5) is 0 Å². The molecule has 0 aliphatic heterocycles. The Bertz CT molecular complexity index is 511. The molecule has 1 rings (SSSR count). The summed E-state index contributed by atoms with van der Waals surface area (Å²) >= 11 is 0. The normalized spacial score (nSPS) is 13.4. The van der Waals surface area contributed by atoms with Gasteiger partial charge in [0.2, 0.25) is 10.0 Å². The van der Waals surface area contributed by atoms with Crippen molar-refractivity contribution in [3.63, 3.8) is 0 Å². The van der Waals surface area contributed by atoms with Crippen molar-refractivity contribution >= 4 is 16.0 Å². The van der Waals surface area contributed by atoms with Crippen molar-refractivity contribution in [1.29, 1.82) is 0 Å². The zero-order chi connectivity index (χ0) is 14.5. The smallest absolute Gasteiger partial charge is 0.321 e. The summed E-state index contributed by atoms with van der Waals surface area (Å²) in [6.45, 7) is 3.70. The number of carboxylic acids is 1. The summed E-state index contributed by atoms with van der Waals surface area (Å²) in [5, 5.41) is 9.02. The lowest BCUT2D eigenvalue weighted by Crippen LogP contribution is -2.42. The molecule has 0 fully saturated rings. The topological polar surface area (TPSA) is 83.5 Å². The largest absolute Gasteiger partial charge is 0.480 e. The van der Waals surface area contributed by atoms with Gasteiger partial charge in [-0.15, -0.1) is 0 Å². The van der Waals surface area contributed by atoms with Crippen LogP contribution in [-0.4, -0.2) is 25.5 Å². The molecule has 6 heteroatoms. The van der Waals surface area contributed by atoms with E-state index in [4.69, 9.17) is 5.11 Å². The van der Waals surface area contributed by atoms with Crippen LogP contribution in [0, 0.1) is 5.92 Å². The molecule has 0 bridgehead atoms. The van der Waals surface area contributed by atoms with Gasteiger partial charge in [0.15, 0.2) is 0 Å². The minimum absolute atomic E-state index is 0.0977. The number of aliphatic carboxylic acids is 1. The van der Waals surface area contributed by atoms with E-state index < -0.39 is 22.0 Å². The van der Waals surface area contributed by atoms with Crippen molar-refractivity contribution in [1.82, 2.24) is 4.72 Å². The van der Waals surface area contributed by atoms with Crippen LogP contribution in [-0.2, 0) is 20.6 Å². The van der Waals surface area contributed by atoms with Gasteiger partial charge in [-0.3, -0.25) is 4.79 Å². The highest BCUT2D eigenvalue weighted by molar-refractivity contribution is 7.88. The minimum atomic E-state index is -3.66. The van der Waals surface area contributed by atoms with E-state index in [2.05, 4.69) is 4.72 Å². The molecule has 1 atom stereocenters.